The Kier molecular flexibility index (Phi) is 7.92. The van der Waals surface area contributed by atoms with E-state index >= 15 is 0 Å². The Balaban J connectivity index is 2.30. The van der Waals surface area contributed by atoms with Crippen molar-refractivity contribution in [2.75, 3.05) is 26.8 Å². The van der Waals surface area contributed by atoms with Gasteiger partial charge in [-0.25, -0.2) is 4.39 Å². The van der Waals surface area contributed by atoms with Gasteiger partial charge in [0.25, 0.3) is 5.91 Å². The van der Waals surface area contributed by atoms with Crippen LogP contribution in [0.25, 0.3) is 0 Å². The topological polar surface area (TPSA) is 67.4 Å². The van der Waals surface area contributed by atoms with Crippen molar-refractivity contribution in [3.8, 4) is 0 Å². The fourth-order valence-electron chi connectivity index (χ4n) is 1.59. The van der Waals surface area contributed by atoms with Crippen molar-refractivity contribution in [3.63, 3.8) is 0 Å². The standard InChI is InChI=1S/C14H18BrFN2O3/c1-21-8-2-6-17-13(19)5-7-18-14(20)11-9-10(16)3-4-12(11)15/h3-4,9H,2,5-8H2,1H3,(H,17,19)(H,18,20). The summed E-state index contributed by atoms with van der Waals surface area (Å²) in [4.78, 5) is 23.3. The average molecular weight is 361 g/mol. The van der Waals surface area contributed by atoms with Gasteiger partial charge in [0.05, 0.1) is 5.56 Å². The van der Waals surface area contributed by atoms with Crippen LogP contribution in [0.3, 0.4) is 0 Å². The zero-order valence-electron chi connectivity index (χ0n) is 11.7. The third-order valence-corrected chi connectivity index (χ3v) is 3.35. The maximum absolute atomic E-state index is 13.1. The molecule has 21 heavy (non-hydrogen) atoms. The van der Waals surface area contributed by atoms with Crippen molar-refractivity contribution in [1.82, 2.24) is 10.6 Å². The Hall–Kier alpha value is -1.47. The molecule has 0 spiro atoms. The van der Waals surface area contributed by atoms with E-state index in [1.165, 1.54) is 12.1 Å². The fourth-order valence-corrected chi connectivity index (χ4v) is 2.02. The number of hydrogen-bond acceptors (Lipinski definition) is 3. The van der Waals surface area contributed by atoms with Crippen LogP contribution in [0.5, 0.6) is 0 Å². The lowest BCUT2D eigenvalue weighted by Crippen LogP contribution is -2.31. The number of carbonyl (C=O) groups excluding carboxylic acids is 2. The van der Waals surface area contributed by atoms with Crippen molar-refractivity contribution in [2.45, 2.75) is 12.8 Å². The predicted molar refractivity (Wildman–Crippen MR) is 80.6 cm³/mol. The molecule has 7 heteroatoms. The molecular formula is C14H18BrFN2O3. The maximum atomic E-state index is 13.1. The molecule has 0 saturated carbocycles. The maximum Gasteiger partial charge on any atom is 0.252 e. The summed E-state index contributed by atoms with van der Waals surface area (Å²) in [5.41, 5.74) is 0.204. The van der Waals surface area contributed by atoms with Crippen LogP contribution in [0.4, 0.5) is 4.39 Å². The quantitative estimate of drug-likeness (QED) is 0.695. The van der Waals surface area contributed by atoms with Crippen molar-refractivity contribution in [2.24, 2.45) is 0 Å². The van der Waals surface area contributed by atoms with Gasteiger partial charge in [0.1, 0.15) is 5.82 Å². The SMILES string of the molecule is COCCCNC(=O)CCNC(=O)c1cc(F)ccc1Br. The van der Waals surface area contributed by atoms with Crippen LogP contribution in [-0.4, -0.2) is 38.6 Å². The number of methoxy groups -OCH3 is 1. The van der Waals surface area contributed by atoms with E-state index in [1.54, 1.807) is 7.11 Å². The molecule has 2 amide bonds. The highest BCUT2D eigenvalue weighted by molar-refractivity contribution is 9.10. The molecule has 0 aromatic heterocycles. The Bertz CT molecular complexity index is 497. The molecule has 1 aromatic rings. The number of halogens is 2. The minimum atomic E-state index is -0.487. The lowest BCUT2D eigenvalue weighted by Gasteiger charge is -2.08. The summed E-state index contributed by atoms with van der Waals surface area (Å²) in [6.07, 6.45) is 0.913. The number of benzene rings is 1. The van der Waals surface area contributed by atoms with Gasteiger partial charge in [-0.15, -0.1) is 0 Å². The number of nitrogens with one attached hydrogen (secondary N) is 2. The predicted octanol–water partition coefficient (Wildman–Crippen LogP) is 1.86. The van der Waals surface area contributed by atoms with Crippen molar-refractivity contribution in [1.29, 1.82) is 0 Å². The summed E-state index contributed by atoms with van der Waals surface area (Å²) in [5.74, 6) is -1.06. The normalized spacial score (nSPS) is 10.2. The molecule has 0 bridgehead atoms. The van der Waals surface area contributed by atoms with Gasteiger partial charge in [0, 0.05) is 37.7 Å². The van der Waals surface area contributed by atoms with Crippen molar-refractivity contribution < 1.29 is 18.7 Å². The second-order valence-corrected chi connectivity index (χ2v) is 5.18. The molecule has 5 nitrogen and oxygen atoms in total. The molecule has 0 saturated heterocycles. The second-order valence-electron chi connectivity index (χ2n) is 4.33. The smallest absolute Gasteiger partial charge is 0.252 e. The Morgan fingerprint density at radius 2 is 2.05 bits per heavy atom. The zero-order valence-corrected chi connectivity index (χ0v) is 13.3. The molecule has 0 radical (unpaired) electrons. The highest BCUT2D eigenvalue weighted by Gasteiger charge is 2.11. The summed E-state index contributed by atoms with van der Waals surface area (Å²) < 4.78 is 18.5. The van der Waals surface area contributed by atoms with Crippen LogP contribution in [0.1, 0.15) is 23.2 Å². The Morgan fingerprint density at radius 3 is 2.76 bits per heavy atom. The highest BCUT2D eigenvalue weighted by atomic mass is 79.9. The second kappa shape index (κ2) is 9.46. The van der Waals surface area contributed by atoms with E-state index in [9.17, 15) is 14.0 Å². The number of rotatable bonds is 8. The van der Waals surface area contributed by atoms with E-state index in [1.807, 2.05) is 0 Å². The van der Waals surface area contributed by atoms with Gasteiger partial charge in [-0.2, -0.15) is 0 Å². The first-order valence-electron chi connectivity index (χ1n) is 6.53. The number of amides is 2. The molecule has 0 aliphatic carbocycles. The molecule has 0 fully saturated rings. The lowest BCUT2D eigenvalue weighted by molar-refractivity contribution is -0.120. The van der Waals surface area contributed by atoms with Crippen LogP contribution in [0.2, 0.25) is 0 Å². The van der Waals surface area contributed by atoms with Gasteiger partial charge < -0.3 is 15.4 Å². The van der Waals surface area contributed by atoms with Gasteiger partial charge in [-0.05, 0) is 40.5 Å². The van der Waals surface area contributed by atoms with Crippen LogP contribution in [-0.2, 0) is 9.53 Å². The molecule has 0 aliphatic heterocycles. The van der Waals surface area contributed by atoms with Crippen molar-refractivity contribution in [3.05, 3.63) is 34.1 Å². The van der Waals surface area contributed by atoms with Crippen molar-refractivity contribution >= 4 is 27.7 Å². The van der Waals surface area contributed by atoms with Gasteiger partial charge in [0.15, 0.2) is 0 Å². The summed E-state index contributed by atoms with van der Waals surface area (Å²) in [7, 11) is 1.60. The first-order chi connectivity index (χ1) is 10.0. The summed E-state index contributed by atoms with van der Waals surface area (Å²) >= 11 is 3.18. The van der Waals surface area contributed by atoms with Crippen LogP contribution >= 0.6 is 15.9 Å². The lowest BCUT2D eigenvalue weighted by atomic mass is 10.2. The van der Waals surface area contributed by atoms with E-state index in [4.69, 9.17) is 4.74 Å². The molecule has 0 atom stereocenters. The van der Waals surface area contributed by atoms with E-state index < -0.39 is 11.7 Å². The van der Waals surface area contributed by atoms with Gasteiger partial charge in [0.2, 0.25) is 5.91 Å². The minimum Gasteiger partial charge on any atom is -0.385 e. The molecule has 1 rings (SSSR count). The first-order valence-corrected chi connectivity index (χ1v) is 7.32. The first kappa shape index (κ1) is 17.6. The van der Waals surface area contributed by atoms with E-state index in [0.717, 1.165) is 12.5 Å². The van der Waals surface area contributed by atoms with Crippen LogP contribution < -0.4 is 10.6 Å². The molecule has 0 unspecified atom stereocenters. The molecular weight excluding hydrogens is 343 g/mol. The number of carbonyl (C=O) groups is 2. The summed E-state index contributed by atoms with van der Waals surface area (Å²) in [5, 5.41) is 5.29. The molecule has 2 N–H and O–H groups in total. The highest BCUT2D eigenvalue weighted by Crippen LogP contribution is 2.17. The fraction of sp³-hybridized carbons (Fsp3) is 0.429. The largest absolute Gasteiger partial charge is 0.385 e. The molecule has 0 heterocycles. The van der Waals surface area contributed by atoms with Crippen LogP contribution in [0, 0.1) is 5.82 Å². The number of ether oxygens (including phenoxy) is 1. The zero-order chi connectivity index (χ0) is 15.7. The Labute approximate surface area is 131 Å². The van der Waals surface area contributed by atoms with E-state index in [2.05, 4.69) is 26.6 Å². The van der Waals surface area contributed by atoms with E-state index in [0.29, 0.717) is 17.6 Å². The summed E-state index contributed by atoms with van der Waals surface area (Å²) in [6.45, 7) is 1.32. The monoisotopic (exact) mass is 360 g/mol. The average Bonchev–Trinajstić information content (AvgIpc) is 2.46. The van der Waals surface area contributed by atoms with Crippen LogP contribution in [0.15, 0.2) is 22.7 Å². The number of hydrogen-bond donors (Lipinski definition) is 2. The molecule has 1 aromatic carbocycles. The summed E-state index contributed by atoms with van der Waals surface area (Å²) in [6, 6.07) is 3.87. The third-order valence-electron chi connectivity index (χ3n) is 2.66. The van der Waals surface area contributed by atoms with Gasteiger partial charge in [-0.3, -0.25) is 9.59 Å². The minimum absolute atomic E-state index is 0.148. The Morgan fingerprint density at radius 1 is 1.29 bits per heavy atom. The molecule has 116 valence electrons. The van der Waals surface area contributed by atoms with Gasteiger partial charge >= 0.3 is 0 Å². The van der Waals surface area contributed by atoms with E-state index in [-0.39, 0.29) is 24.4 Å². The molecule has 0 aliphatic rings. The third kappa shape index (κ3) is 6.68. The van der Waals surface area contributed by atoms with Gasteiger partial charge in [-0.1, -0.05) is 0 Å².